The first-order valence-electron chi connectivity index (χ1n) is 6.84. The molecule has 0 aromatic carbocycles. The molecule has 98 valence electrons. The van der Waals surface area contributed by atoms with E-state index in [-0.39, 0.29) is 0 Å². The van der Waals surface area contributed by atoms with Crippen LogP contribution in [0.25, 0.3) is 0 Å². The maximum absolute atomic E-state index is 4.29. The minimum atomic E-state index is 0.721. The monoisotopic (exact) mass is 247 g/mol. The lowest BCUT2D eigenvalue weighted by Gasteiger charge is -2.48. The van der Waals surface area contributed by atoms with Gasteiger partial charge in [-0.05, 0) is 12.6 Å². The lowest BCUT2D eigenvalue weighted by molar-refractivity contribution is 0.0859. The van der Waals surface area contributed by atoms with Crippen LogP contribution in [-0.4, -0.2) is 71.6 Å². The quantitative estimate of drug-likeness (QED) is 0.768. The molecule has 0 bridgehead atoms. The average molecular weight is 247 g/mol. The molecule has 2 fully saturated rings. The summed E-state index contributed by atoms with van der Waals surface area (Å²) in [6, 6.07) is 2.71. The number of anilines is 1. The average Bonchev–Trinajstić information content (AvgIpc) is 2.39. The highest BCUT2D eigenvalue weighted by atomic mass is 15.4. The third-order valence-corrected chi connectivity index (χ3v) is 4.12. The number of hydrogen-bond donors (Lipinski definition) is 0. The standard InChI is InChI=1S/C13H21N5/c1-2-16-5-7-17(8-6-16)12-9-18(10-12)13-3-4-14-11-15-13/h3-4,11-12H,2,5-10H2,1H3. The Morgan fingerprint density at radius 1 is 1.22 bits per heavy atom. The summed E-state index contributed by atoms with van der Waals surface area (Å²) < 4.78 is 0. The molecule has 0 atom stereocenters. The van der Waals surface area contributed by atoms with Crippen LogP contribution in [0.3, 0.4) is 0 Å². The van der Waals surface area contributed by atoms with Gasteiger partial charge in [0.1, 0.15) is 12.1 Å². The number of likely N-dealkylation sites (N-methyl/N-ethyl adjacent to an activating group) is 1. The van der Waals surface area contributed by atoms with Crippen LogP contribution < -0.4 is 4.90 Å². The Hall–Kier alpha value is -1.20. The van der Waals surface area contributed by atoms with Gasteiger partial charge in [0.25, 0.3) is 0 Å². The highest BCUT2D eigenvalue weighted by molar-refractivity contribution is 5.40. The Labute approximate surface area is 108 Å². The maximum atomic E-state index is 4.29. The molecule has 0 spiro atoms. The second-order valence-corrected chi connectivity index (χ2v) is 5.10. The molecule has 0 radical (unpaired) electrons. The predicted octanol–water partition coefficient (Wildman–Crippen LogP) is 0.303. The molecule has 2 aliphatic heterocycles. The molecule has 2 saturated heterocycles. The van der Waals surface area contributed by atoms with E-state index in [2.05, 4.69) is 31.6 Å². The van der Waals surface area contributed by atoms with Crippen LogP contribution in [0.4, 0.5) is 5.82 Å². The molecule has 1 aromatic rings. The van der Waals surface area contributed by atoms with E-state index < -0.39 is 0 Å². The molecule has 0 amide bonds. The molecule has 2 aliphatic rings. The summed E-state index contributed by atoms with van der Waals surface area (Å²) in [5, 5.41) is 0. The fourth-order valence-electron chi connectivity index (χ4n) is 2.79. The van der Waals surface area contributed by atoms with Gasteiger partial charge in [-0.2, -0.15) is 0 Å². The van der Waals surface area contributed by atoms with Crippen molar-refractivity contribution in [3.63, 3.8) is 0 Å². The zero-order chi connectivity index (χ0) is 12.4. The molecule has 0 aliphatic carbocycles. The van der Waals surface area contributed by atoms with E-state index in [9.17, 15) is 0 Å². The van der Waals surface area contributed by atoms with Crippen LogP contribution in [-0.2, 0) is 0 Å². The largest absolute Gasteiger partial charge is 0.353 e. The lowest BCUT2D eigenvalue weighted by atomic mass is 10.1. The number of rotatable bonds is 3. The molecule has 1 aromatic heterocycles. The van der Waals surface area contributed by atoms with Gasteiger partial charge in [0.2, 0.25) is 0 Å². The summed E-state index contributed by atoms with van der Waals surface area (Å²) in [6.45, 7) is 10.5. The summed E-state index contributed by atoms with van der Waals surface area (Å²) in [7, 11) is 0. The van der Waals surface area contributed by atoms with Crippen molar-refractivity contribution in [2.45, 2.75) is 13.0 Å². The predicted molar refractivity (Wildman–Crippen MR) is 71.7 cm³/mol. The van der Waals surface area contributed by atoms with Crippen LogP contribution in [0.15, 0.2) is 18.6 Å². The summed E-state index contributed by atoms with van der Waals surface area (Å²) in [6.07, 6.45) is 3.44. The summed E-state index contributed by atoms with van der Waals surface area (Å²) in [5.41, 5.74) is 0. The zero-order valence-corrected chi connectivity index (χ0v) is 11.0. The van der Waals surface area contributed by atoms with Crippen molar-refractivity contribution in [1.82, 2.24) is 19.8 Å². The first kappa shape index (κ1) is 11.9. The fourth-order valence-corrected chi connectivity index (χ4v) is 2.79. The highest BCUT2D eigenvalue weighted by Crippen LogP contribution is 2.21. The van der Waals surface area contributed by atoms with Gasteiger partial charge in [-0.3, -0.25) is 4.90 Å². The summed E-state index contributed by atoms with van der Waals surface area (Å²) in [5.74, 6) is 1.06. The molecule has 3 heterocycles. The first-order chi connectivity index (χ1) is 8.86. The van der Waals surface area contributed by atoms with Gasteiger partial charge in [-0.1, -0.05) is 6.92 Å². The van der Waals surface area contributed by atoms with E-state index in [4.69, 9.17) is 0 Å². The number of nitrogens with zero attached hydrogens (tertiary/aromatic N) is 5. The SMILES string of the molecule is CCN1CCN(C2CN(c3ccncn3)C2)CC1. The van der Waals surface area contributed by atoms with Crippen molar-refractivity contribution in [3.8, 4) is 0 Å². The van der Waals surface area contributed by atoms with Crippen LogP contribution in [0.5, 0.6) is 0 Å². The number of aromatic nitrogens is 2. The van der Waals surface area contributed by atoms with E-state index in [1.165, 1.54) is 32.7 Å². The van der Waals surface area contributed by atoms with Gasteiger partial charge < -0.3 is 9.80 Å². The minimum Gasteiger partial charge on any atom is -0.353 e. The Balaban J connectivity index is 1.48. The summed E-state index contributed by atoms with van der Waals surface area (Å²) >= 11 is 0. The summed E-state index contributed by atoms with van der Waals surface area (Å²) in [4.78, 5) is 15.7. The number of hydrogen-bond acceptors (Lipinski definition) is 5. The van der Waals surface area contributed by atoms with Gasteiger partial charge in [0, 0.05) is 51.5 Å². The van der Waals surface area contributed by atoms with Gasteiger partial charge in [-0.15, -0.1) is 0 Å². The fraction of sp³-hybridized carbons (Fsp3) is 0.692. The molecule has 18 heavy (non-hydrogen) atoms. The van der Waals surface area contributed by atoms with Crippen molar-refractivity contribution in [2.24, 2.45) is 0 Å². The molecule has 0 N–H and O–H groups in total. The molecule has 5 heteroatoms. The van der Waals surface area contributed by atoms with Crippen molar-refractivity contribution >= 4 is 5.82 Å². The minimum absolute atomic E-state index is 0.721. The lowest BCUT2D eigenvalue weighted by Crippen LogP contribution is -2.63. The van der Waals surface area contributed by atoms with Gasteiger partial charge in [0.05, 0.1) is 0 Å². The van der Waals surface area contributed by atoms with E-state index in [1.807, 2.05) is 12.3 Å². The van der Waals surface area contributed by atoms with Crippen molar-refractivity contribution in [1.29, 1.82) is 0 Å². The third kappa shape index (κ3) is 2.33. The van der Waals surface area contributed by atoms with Crippen LogP contribution in [0, 0.1) is 0 Å². The molecular formula is C13H21N5. The van der Waals surface area contributed by atoms with Crippen LogP contribution in [0.2, 0.25) is 0 Å². The maximum Gasteiger partial charge on any atom is 0.132 e. The Morgan fingerprint density at radius 3 is 2.61 bits per heavy atom. The molecular weight excluding hydrogens is 226 g/mol. The van der Waals surface area contributed by atoms with Crippen molar-refractivity contribution < 1.29 is 0 Å². The van der Waals surface area contributed by atoms with Crippen molar-refractivity contribution in [2.75, 3.05) is 50.7 Å². The third-order valence-electron chi connectivity index (χ3n) is 4.12. The van der Waals surface area contributed by atoms with E-state index in [1.54, 1.807) is 6.33 Å². The van der Waals surface area contributed by atoms with Gasteiger partial charge in [-0.25, -0.2) is 9.97 Å². The second kappa shape index (κ2) is 5.20. The Kier molecular flexibility index (Phi) is 3.43. The normalized spacial score (nSPS) is 23.1. The Bertz CT molecular complexity index is 368. The topological polar surface area (TPSA) is 35.5 Å². The zero-order valence-electron chi connectivity index (χ0n) is 11.0. The molecule has 0 unspecified atom stereocenters. The first-order valence-corrected chi connectivity index (χ1v) is 6.84. The van der Waals surface area contributed by atoms with Crippen LogP contribution >= 0.6 is 0 Å². The van der Waals surface area contributed by atoms with E-state index in [0.29, 0.717) is 0 Å². The second-order valence-electron chi connectivity index (χ2n) is 5.10. The van der Waals surface area contributed by atoms with Crippen molar-refractivity contribution in [3.05, 3.63) is 18.6 Å². The molecule has 3 rings (SSSR count). The van der Waals surface area contributed by atoms with Gasteiger partial charge in [0.15, 0.2) is 0 Å². The van der Waals surface area contributed by atoms with Crippen LogP contribution in [0.1, 0.15) is 6.92 Å². The smallest absolute Gasteiger partial charge is 0.132 e. The Morgan fingerprint density at radius 2 is 2.00 bits per heavy atom. The highest BCUT2D eigenvalue weighted by Gasteiger charge is 2.33. The number of piperazine rings is 1. The van der Waals surface area contributed by atoms with E-state index in [0.717, 1.165) is 24.9 Å². The molecule has 0 saturated carbocycles. The molecule has 5 nitrogen and oxygen atoms in total. The van der Waals surface area contributed by atoms with E-state index >= 15 is 0 Å². The van der Waals surface area contributed by atoms with Gasteiger partial charge >= 0.3 is 0 Å².